The molecule has 146 valence electrons. The second-order valence-electron chi connectivity index (χ2n) is 8.39. The van der Waals surface area contributed by atoms with Crippen LogP contribution >= 0.6 is 0 Å². The van der Waals surface area contributed by atoms with Crippen LogP contribution in [0.3, 0.4) is 0 Å². The van der Waals surface area contributed by atoms with E-state index in [0.29, 0.717) is 31.7 Å². The summed E-state index contributed by atoms with van der Waals surface area (Å²) in [7, 11) is 1.70. The van der Waals surface area contributed by atoms with Gasteiger partial charge in [0, 0.05) is 32.6 Å². The van der Waals surface area contributed by atoms with Crippen molar-refractivity contribution in [2.24, 2.45) is 18.4 Å². The monoisotopic (exact) mass is 374 g/mol. The lowest BCUT2D eigenvalue weighted by atomic mass is 9.76. The van der Waals surface area contributed by atoms with Crippen molar-refractivity contribution >= 4 is 17.8 Å². The highest BCUT2D eigenvalue weighted by molar-refractivity contribution is 5.95. The topological polar surface area (TPSA) is 95.7 Å². The smallest absolute Gasteiger partial charge is 0.326 e. The number of aromatic nitrogens is 2. The Labute approximate surface area is 158 Å². The number of carbonyl (C=O) groups excluding carboxylic acids is 2. The van der Waals surface area contributed by atoms with E-state index in [-0.39, 0.29) is 23.1 Å². The molecule has 0 unspecified atom stereocenters. The molecule has 1 spiro atoms. The van der Waals surface area contributed by atoms with E-state index in [1.54, 1.807) is 13.1 Å². The number of aryl methyl sites for hydroxylation is 2. The van der Waals surface area contributed by atoms with E-state index in [4.69, 9.17) is 0 Å². The first-order chi connectivity index (χ1) is 12.8. The summed E-state index contributed by atoms with van der Waals surface area (Å²) in [6.07, 6.45) is 3.95. The van der Waals surface area contributed by atoms with E-state index in [1.807, 2.05) is 11.8 Å². The normalized spacial score (nSPS) is 24.4. The fourth-order valence-electron chi connectivity index (χ4n) is 4.60. The number of hydrogen-bond donors (Lipinski definition) is 1. The van der Waals surface area contributed by atoms with E-state index >= 15 is 0 Å². The molecule has 1 aromatic heterocycles. The zero-order valence-electron chi connectivity index (χ0n) is 15.8. The van der Waals surface area contributed by atoms with Crippen molar-refractivity contribution in [3.63, 3.8) is 0 Å². The summed E-state index contributed by atoms with van der Waals surface area (Å²) < 4.78 is 1.51. The Morgan fingerprint density at radius 1 is 1.22 bits per heavy atom. The Hall–Kier alpha value is -2.38. The fraction of sp³-hybridized carbons (Fsp3) is 0.684. The minimum Gasteiger partial charge on any atom is -0.480 e. The van der Waals surface area contributed by atoms with Crippen molar-refractivity contribution in [2.45, 2.75) is 45.1 Å². The Morgan fingerprint density at radius 2 is 1.89 bits per heavy atom. The third-order valence-corrected chi connectivity index (χ3v) is 6.34. The number of amides is 2. The van der Waals surface area contributed by atoms with Crippen LogP contribution in [-0.4, -0.2) is 68.1 Å². The predicted octanol–water partition coefficient (Wildman–Crippen LogP) is 1.05. The first-order valence-electron chi connectivity index (χ1n) is 9.63. The summed E-state index contributed by atoms with van der Waals surface area (Å²) in [6, 6.07) is 0.877. The largest absolute Gasteiger partial charge is 0.480 e. The molecule has 1 atom stereocenters. The number of rotatable bonds is 3. The highest BCUT2D eigenvalue weighted by atomic mass is 16.4. The molecule has 2 amide bonds. The van der Waals surface area contributed by atoms with Gasteiger partial charge in [0.1, 0.15) is 11.7 Å². The maximum absolute atomic E-state index is 13.0. The third kappa shape index (κ3) is 3.21. The van der Waals surface area contributed by atoms with Gasteiger partial charge in [0.05, 0.1) is 5.69 Å². The molecule has 0 radical (unpaired) electrons. The molecular weight excluding hydrogens is 348 g/mol. The second kappa shape index (κ2) is 6.35. The fourth-order valence-corrected chi connectivity index (χ4v) is 4.60. The lowest BCUT2D eigenvalue weighted by Crippen LogP contribution is -2.45. The summed E-state index contributed by atoms with van der Waals surface area (Å²) in [5.74, 6) is -0.786. The minimum atomic E-state index is -0.962. The standard InChI is InChI=1S/C19H26N4O4/c1-12-9-14(21(2)20-12)17(25)23-11-19(10-15(23)18(26)27)5-7-22(8-6-19)16(24)13-3-4-13/h9,13,15H,3-8,10-11H2,1-2H3,(H,26,27)/t15-/m1/s1. The van der Waals surface area contributed by atoms with Gasteiger partial charge in [0.15, 0.2) is 0 Å². The maximum atomic E-state index is 13.0. The first-order valence-corrected chi connectivity index (χ1v) is 9.63. The quantitative estimate of drug-likeness (QED) is 0.853. The Kier molecular flexibility index (Phi) is 4.24. The molecular formula is C19H26N4O4. The summed E-state index contributed by atoms with van der Waals surface area (Å²) >= 11 is 0. The molecule has 2 saturated heterocycles. The van der Waals surface area contributed by atoms with Crippen molar-refractivity contribution in [3.05, 3.63) is 17.5 Å². The van der Waals surface area contributed by atoms with Gasteiger partial charge >= 0.3 is 5.97 Å². The molecule has 0 bridgehead atoms. The second-order valence-corrected chi connectivity index (χ2v) is 8.39. The van der Waals surface area contributed by atoms with Gasteiger partial charge in [-0.3, -0.25) is 14.3 Å². The van der Waals surface area contributed by atoms with Crippen molar-refractivity contribution in [1.29, 1.82) is 0 Å². The van der Waals surface area contributed by atoms with Gasteiger partial charge in [0.25, 0.3) is 5.91 Å². The summed E-state index contributed by atoms with van der Waals surface area (Å²) in [6.45, 7) is 3.56. The molecule has 1 aliphatic carbocycles. The number of carboxylic acids is 1. The van der Waals surface area contributed by atoms with Gasteiger partial charge < -0.3 is 14.9 Å². The zero-order valence-corrected chi connectivity index (χ0v) is 15.8. The van der Waals surface area contributed by atoms with Crippen LogP contribution in [0.2, 0.25) is 0 Å². The van der Waals surface area contributed by atoms with Crippen molar-refractivity contribution in [1.82, 2.24) is 19.6 Å². The molecule has 1 aromatic rings. The average molecular weight is 374 g/mol. The number of nitrogens with zero attached hydrogens (tertiary/aromatic N) is 4. The van der Waals surface area contributed by atoms with Gasteiger partial charge in [-0.2, -0.15) is 5.10 Å². The van der Waals surface area contributed by atoms with E-state index < -0.39 is 12.0 Å². The van der Waals surface area contributed by atoms with Gasteiger partial charge in [-0.05, 0) is 50.5 Å². The zero-order chi connectivity index (χ0) is 19.3. The van der Waals surface area contributed by atoms with Gasteiger partial charge in [0.2, 0.25) is 5.91 Å². The molecule has 3 heterocycles. The Bertz CT molecular complexity index is 790. The molecule has 8 heteroatoms. The Morgan fingerprint density at radius 3 is 2.41 bits per heavy atom. The summed E-state index contributed by atoms with van der Waals surface area (Å²) in [4.78, 5) is 40.6. The van der Waals surface area contributed by atoms with Crippen molar-refractivity contribution < 1.29 is 19.5 Å². The first kappa shape index (κ1) is 18.0. The molecule has 27 heavy (non-hydrogen) atoms. The van der Waals surface area contributed by atoms with Gasteiger partial charge in [-0.15, -0.1) is 0 Å². The number of likely N-dealkylation sites (tertiary alicyclic amines) is 2. The summed E-state index contributed by atoms with van der Waals surface area (Å²) in [5.41, 5.74) is 0.929. The molecule has 4 rings (SSSR count). The predicted molar refractivity (Wildman–Crippen MR) is 96.0 cm³/mol. The van der Waals surface area contributed by atoms with Crippen LogP contribution in [0.15, 0.2) is 6.07 Å². The molecule has 2 aliphatic heterocycles. The van der Waals surface area contributed by atoms with E-state index in [1.165, 1.54) is 9.58 Å². The lowest BCUT2D eigenvalue weighted by molar-refractivity contribution is -0.141. The van der Waals surface area contributed by atoms with Crippen molar-refractivity contribution in [2.75, 3.05) is 19.6 Å². The molecule has 3 aliphatic rings. The molecule has 0 aromatic carbocycles. The number of aliphatic carboxylic acids is 1. The van der Waals surface area contributed by atoms with Gasteiger partial charge in [-0.25, -0.2) is 4.79 Å². The van der Waals surface area contributed by atoms with Crippen molar-refractivity contribution in [3.8, 4) is 0 Å². The number of carboxylic acid groups (broad SMARTS) is 1. The highest BCUT2D eigenvalue weighted by Crippen LogP contribution is 2.45. The van der Waals surface area contributed by atoms with Crippen LogP contribution in [-0.2, 0) is 16.6 Å². The molecule has 8 nitrogen and oxygen atoms in total. The van der Waals surface area contributed by atoms with Crippen LogP contribution in [0.1, 0.15) is 48.3 Å². The van der Waals surface area contributed by atoms with Crippen LogP contribution in [0, 0.1) is 18.3 Å². The number of hydrogen-bond acceptors (Lipinski definition) is 4. The van der Waals surface area contributed by atoms with Gasteiger partial charge in [-0.1, -0.05) is 0 Å². The maximum Gasteiger partial charge on any atom is 0.326 e. The Balaban J connectivity index is 1.50. The minimum absolute atomic E-state index is 0.209. The SMILES string of the molecule is Cc1cc(C(=O)N2CC3(CCN(C(=O)C4CC4)CC3)C[C@@H]2C(=O)O)n(C)n1. The van der Waals surface area contributed by atoms with Crippen LogP contribution in [0.4, 0.5) is 0 Å². The van der Waals surface area contributed by atoms with E-state index in [9.17, 15) is 19.5 Å². The highest BCUT2D eigenvalue weighted by Gasteiger charge is 2.51. The van der Waals surface area contributed by atoms with Crippen LogP contribution in [0.5, 0.6) is 0 Å². The number of carbonyl (C=O) groups is 3. The third-order valence-electron chi connectivity index (χ3n) is 6.34. The average Bonchev–Trinajstić information content (AvgIpc) is 3.33. The molecule has 3 fully saturated rings. The summed E-state index contributed by atoms with van der Waals surface area (Å²) in [5, 5.41) is 13.9. The lowest BCUT2D eigenvalue weighted by Gasteiger charge is -2.39. The van der Waals surface area contributed by atoms with E-state index in [2.05, 4.69) is 5.10 Å². The van der Waals surface area contributed by atoms with Crippen LogP contribution in [0.25, 0.3) is 0 Å². The van der Waals surface area contributed by atoms with E-state index in [0.717, 1.165) is 31.4 Å². The molecule has 1 N–H and O–H groups in total. The van der Waals surface area contributed by atoms with Crippen LogP contribution < -0.4 is 0 Å². The molecule has 1 saturated carbocycles. The number of piperidine rings is 1.